The van der Waals surface area contributed by atoms with Crippen LogP contribution in [0.25, 0.3) is 11.3 Å². The highest BCUT2D eigenvalue weighted by Crippen LogP contribution is 2.24. The van der Waals surface area contributed by atoms with Gasteiger partial charge in [0.25, 0.3) is 0 Å². The number of rotatable bonds is 7. The summed E-state index contributed by atoms with van der Waals surface area (Å²) < 4.78 is 16.5. The molecule has 1 fully saturated rings. The van der Waals surface area contributed by atoms with Crippen molar-refractivity contribution in [3.63, 3.8) is 0 Å². The van der Waals surface area contributed by atoms with E-state index >= 15 is 0 Å². The SMILES string of the molecule is O=C(COC[C@H]1CCCO1)NCc1ccc(-c2cccc(Cl)c2)o1. The van der Waals surface area contributed by atoms with Crippen LogP contribution < -0.4 is 5.32 Å². The number of hydrogen-bond donors (Lipinski definition) is 1. The number of ether oxygens (including phenoxy) is 2. The van der Waals surface area contributed by atoms with Crippen molar-refractivity contribution >= 4 is 17.5 Å². The molecule has 2 aromatic rings. The second-order valence-corrected chi connectivity index (χ2v) is 6.14. The zero-order chi connectivity index (χ0) is 16.8. The third kappa shape index (κ3) is 4.84. The van der Waals surface area contributed by atoms with Gasteiger partial charge in [-0.2, -0.15) is 0 Å². The average Bonchev–Trinajstić information content (AvgIpc) is 3.25. The van der Waals surface area contributed by atoms with Crippen molar-refractivity contribution in [2.24, 2.45) is 0 Å². The molecule has 1 N–H and O–H groups in total. The van der Waals surface area contributed by atoms with Gasteiger partial charge in [-0.1, -0.05) is 23.7 Å². The number of nitrogens with one attached hydrogen (secondary N) is 1. The third-order valence-corrected chi connectivity index (χ3v) is 4.03. The van der Waals surface area contributed by atoms with Crippen LogP contribution in [0.5, 0.6) is 0 Å². The van der Waals surface area contributed by atoms with Gasteiger partial charge in [0.2, 0.25) is 5.91 Å². The van der Waals surface area contributed by atoms with Gasteiger partial charge >= 0.3 is 0 Å². The molecule has 0 unspecified atom stereocenters. The molecule has 0 spiro atoms. The molecule has 1 atom stereocenters. The summed E-state index contributed by atoms with van der Waals surface area (Å²) in [6.45, 7) is 1.60. The van der Waals surface area contributed by atoms with Crippen molar-refractivity contribution in [1.29, 1.82) is 0 Å². The fraction of sp³-hybridized carbons (Fsp3) is 0.389. The first-order valence-electron chi connectivity index (χ1n) is 8.01. The summed E-state index contributed by atoms with van der Waals surface area (Å²) in [6, 6.07) is 11.1. The molecule has 0 bridgehead atoms. The Hall–Kier alpha value is -1.82. The Kier molecular flexibility index (Phi) is 5.91. The van der Waals surface area contributed by atoms with Gasteiger partial charge in [0, 0.05) is 17.2 Å². The van der Waals surface area contributed by atoms with Crippen LogP contribution in [-0.4, -0.2) is 31.8 Å². The maximum atomic E-state index is 11.8. The lowest BCUT2D eigenvalue weighted by Gasteiger charge is -2.09. The van der Waals surface area contributed by atoms with Crippen LogP contribution in [0.3, 0.4) is 0 Å². The van der Waals surface area contributed by atoms with Crippen molar-refractivity contribution in [1.82, 2.24) is 5.32 Å². The topological polar surface area (TPSA) is 60.7 Å². The Morgan fingerprint density at radius 2 is 2.25 bits per heavy atom. The van der Waals surface area contributed by atoms with Gasteiger partial charge < -0.3 is 19.2 Å². The Balaban J connectivity index is 1.42. The summed E-state index contributed by atoms with van der Waals surface area (Å²) in [7, 11) is 0. The molecule has 1 aromatic carbocycles. The quantitative estimate of drug-likeness (QED) is 0.832. The van der Waals surface area contributed by atoms with E-state index in [1.165, 1.54) is 0 Å². The van der Waals surface area contributed by atoms with E-state index in [4.69, 9.17) is 25.5 Å². The Labute approximate surface area is 145 Å². The molecule has 3 rings (SSSR count). The van der Waals surface area contributed by atoms with E-state index < -0.39 is 0 Å². The maximum Gasteiger partial charge on any atom is 0.246 e. The minimum atomic E-state index is -0.172. The third-order valence-electron chi connectivity index (χ3n) is 3.79. The van der Waals surface area contributed by atoms with E-state index in [2.05, 4.69) is 5.32 Å². The van der Waals surface area contributed by atoms with E-state index in [0.717, 1.165) is 30.8 Å². The van der Waals surface area contributed by atoms with Gasteiger partial charge in [0.1, 0.15) is 18.1 Å². The minimum absolute atomic E-state index is 0.0295. The Bertz CT molecular complexity index is 679. The van der Waals surface area contributed by atoms with E-state index in [9.17, 15) is 4.79 Å². The summed E-state index contributed by atoms with van der Waals surface area (Å²) in [6.07, 6.45) is 2.19. The van der Waals surface area contributed by atoms with Gasteiger partial charge in [0.15, 0.2) is 0 Å². The molecule has 0 aliphatic carbocycles. The van der Waals surface area contributed by atoms with E-state index in [1.807, 2.05) is 36.4 Å². The molecular formula is C18H20ClNO4. The summed E-state index contributed by atoms with van der Waals surface area (Å²) in [5.41, 5.74) is 0.903. The average molecular weight is 350 g/mol. The fourth-order valence-electron chi connectivity index (χ4n) is 2.57. The zero-order valence-electron chi connectivity index (χ0n) is 13.3. The van der Waals surface area contributed by atoms with E-state index in [1.54, 1.807) is 0 Å². The van der Waals surface area contributed by atoms with Crippen LogP contribution in [0.1, 0.15) is 18.6 Å². The normalized spacial score (nSPS) is 17.1. The molecule has 1 saturated heterocycles. The van der Waals surface area contributed by atoms with Crippen LogP contribution >= 0.6 is 11.6 Å². The number of hydrogen-bond acceptors (Lipinski definition) is 4. The van der Waals surface area contributed by atoms with Gasteiger partial charge in [0.05, 0.1) is 19.3 Å². The predicted molar refractivity (Wildman–Crippen MR) is 90.8 cm³/mol. The number of carbonyl (C=O) groups excluding carboxylic acids is 1. The molecule has 2 heterocycles. The van der Waals surface area contributed by atoms with E-state index in [0.29, 0.717) is 23.9 Å². The standard InChI is InChI=1S/C18H20ClNO4/c19-14-4-1-3-13(9-14)17-7-6-15(24-17)10-20-18(21)12-22-11-16-5-2-8-23-16/h1,3-4,6-7,9,16H,2,5,8,10-12H2,(H,20,21)/t16-/m1/s1. The first-order chi connectivity index (χ1) is 11.7. The molecular weight excluding hydrogens is 330 g/mol. The lowest BCUT2D eigenvalue weighted by molar-refractivity contribution is -0.127. The first kappa shape index (κ1) is 17.0. The highest BCUT2D eigenvalue weighted by atomic mass is 35.5. The van der Waals surface area contributed by atoms with Crippen LogP contribution in [0.2, 0.25) is 5.02 Å². The number of amides is 1. The summed E-state index contributed by atoms with van der Waals surface area (Å²) in [4.78, 5) is 11.8. The molecule has 1 amide bonds. The molecule has 6 heteroatoms. The van der Waals surface area contributed by atoms with Crippen molar-refractivity contribution in [3.05, 3.63) is 47.2 Å². The van der Waals surface area contributed by atoms with Crippen molar-refractivity contribution < 1.29 is 18.7 Å². The van der Waals surface area contributed by atoms with Crippen LogP contribution in [0, 0.1) is 0 Å². The maximum absolute atomic E-state index is 11.8. The molecule has 1 aliphatic heterocycles. The number of benzene rings is 1. The molecule has 24 heavy (non-hydrogen) atoms. The first-order valence-corrected chi connectivity index (χ1v) is 8.39. The van der Waals surface area contributed by atoms with Gasteiger partial charge in [-0.3, -0.25) is 4.79 Å². The fourth-order valence-corrected chi connectivity index (χ4v) is 2.76. The van der Waals surface area contributed by atoms with Crippen molar-refractivity contribution in [2.75, 3.05) is 19.8 Å². The highest BCUT2D eigenvalue weighted by molar-refractivity contribution is 6.30. The van der Waals surface area contributed by atoms with Crippen molar-refractivity contribution in [2.45, 2.75) is 25.5 Å². The molecule has 1 aliphatic rings. The number of furan rings is 1. The summed E-state index contributed by atoms with van der Waals surface area (Å²) in [5.74, 6) is 1.22. The lowest BCUT2D eigenvalue weighted by Crippen LogP contribution is -2.28. The second kappa shape index (κ2) is 8.33. The molecule has 5 nitrogen and oxygen atoms in total. The lowest BCUT2D eigenvalue weighted by atomic mass is 10.2. The number of carbonyl (C=O) groups is 1. The zero-order valence-corrected chi connectivity index (χ0v) is 14.1. The summed E-state index contributed by atoms with van der Waals surface area (Å²) in [5, 5.41) is 3.43. The Morgan fingerprint density at radius 3 is 3.04 bits per heavy atom. The Morgan fingerprint density at radius 1 is 1.33 bits per heavy atom. The highest BCUT2D eigenvalue weighted by Gasteiger charge is 2.16. The largest absolute Gasteiger partial charge is 0.459 e. The number of halogens is 1. The second-order valence-electron chi connectivity index (χ2n) is 5.70. The van der Waals surface area contributed by atoms with E-state index in [-0.39, 0.29) is 18.6 Å². The molecule has 1 aromatic heterocycles. The molecule has 0 saturated carbocycles. The minimum Gasteiger partial charge on any atom is -0.459 e. The van der Waals surface area contributed by atoms with Gasteiger partial charge in [-0.25, -0.2) is 0 Å². The van der Waals surface area contributed by atoms with Crippen LogP contribution in [0.15, 0.2) is 40.8 Å². The monoisotopic (exact) mass is 349 g/mol. The predicted octanol–water partition coefficient (Wildman–Crippen LogP) is 3.41. The molecule has 128 valence electrons. The van der Waals surface area contributed by atoms with Gasteiger partial charge in [-0.15, -0.1) is 0 Å². The molecule has 0 radical (unpaired) electrons. The smallest absolute Gasteiger partial charge is 0.246 e. The van der Waals surface area contributed by atoms with Crippen molar-refractivity contribution in [3.8, 4) is 11.3 Å². The van der Waals surface area contributed by atoms with Gasteiger partial charge in [-0.05, 0) is 37.1 Å². The van der Waals surface area contributed by atoms with Crippen LogP contribution in [0.4, 0.5) is 0 Å². The summed E-state index contributed by atoms with van der Waals surface area (Å²) >= 11 is 5.98. The van der Waals surface area contributed by atoms with Crippen LogP contribution in [-0.2, 0) is 20.8 Å².